The number of hydrogen-bond donors (Lipinski definition) is 2. The lowest BCUT2D eigenvalue weighted by atomic mass is 9.85. The second-order valence-electron chi connectivity index (χ2n) is 5.98. The third-order valence-electron chi connectivity index (χ3n) is 4.45. The summed E-state index contributed by atoms with van der Waals surface area (Å²) in [5.41, 5.74) is 7.13. The van der Waals surface area contributed by atoms with Crippen LogP contribution in [0.25, 0.3) is 0 Å². The van der Waals surface area contributed by atoms with E-state index in [1.165, 1.54) is 25.7 Å². The lowest BCUT2D eigenvalue weighted by Crippen LogP contribution is -2.47. The summed E-state index contributed by atoms with van der Waals surface area (Å²) in [6.07, 6.45) is 5.87. The van der Waals surface area contributed by atoms with Crippen LogP contribution in [-0.2, 0) is 0 Å². The normalized spacial score (nSPS) is 24.3. The first-order valence-electron chi connectivity index (χ1n) is 7.77. The van der Waals surface area contributed by atoms with Crippen molar-refractivity contribution < 1.29 is 4.79 Å². The third-order valence-corrected chi connectivity index (χ3v) is 4.45. The smallest absolute Gasteiger partial charge is 0.179 e. The molecule has 3 nitrogen and oxygen atoms in total. The van der Waals surface area contributed by atoms with Gasteiger partial charge in [0, 0.05) is 17.3 Å². The second-order valence-corrected chi connectivity index (χ2v) is 5.98. The number of anilines is 1. The van der Waals surface area contributed by atoms with Crippen molar-refractivity contribution in [1.29, 1.82) is 0 Å². The molecule has 3 atom stereocenters. The van der Waals surface area contributed by atoms with E-state index >= 15 is 0 Å². The van der Waals surface area contributed by atoms with E-state index in [0.29, 0.717) is 17.6 Å². The number of Topliss-reactive ketones (excluding diaryl/α,β-unsaturated/α-hetero) is 1. The number of benzene rings is 1. The highest BCUT2D eigenvalue weighted by atomic mass is 16.1. The van der Waals surface area contributed by atoms with Gasteiger partial charge in [-0.25, -0.2) is 0 Å². The van der Waals surface area contributed by atoms with Crippen molar-refractivity contribution in [2.24, 2.45) is 5.92 Å². The molecule has 3 heteroatoms. The number of nitrogens with two attached hydrogens (primary N) is 1. The molecule has 1 aliphatic rings. The monoisotopic (exact) mass is 274 g/mol. The van der Waals surface area contributed by atoms with Gasteiger partial charge in [-0.1, -0.05) is 26.7 Å². The van der Waals surface area contributed by atoms with Crippen molar-refractivity contribution in [2.45, 2.75) is 58.0 Å². The lowest BCUT2D eigenvalue weighted by Gasteiger charge is -2.32. The number of nitrogen functional groups attached to an aromatic ring is 1. The Morgan fingerprint density at radius 2 is 1.95 bits per heavy atom. The van der Waals surface area contributed by atoms with Crippen molar-refractivity contribution in [3.8, 4) is 0 Å². The predicted octanol–water partition coefficient (Wildman–Crippen LogP) is 3.40. The Kier molecular flexibility index (Phi) is 5.18. The first-order chi connectivity index (χ1) is 9.61. The fourth-order valence-electron chi connectivity index (χ4n) is 3.05. The number of carbonyl (C=O) groups is 1. The van der Waals surface area contributed by atoms with Gasteiger partial charge in [-0.3, -0.25) is 4.79 Å². The van der Waals surface area contributed by atoms with Gasteiger partial charge in [0.2, 0.25) is 0 Å². The van der Waals surface area contributed by atoms with Gasteiger partial charge in [0.05, 0.1) is 6.04 Å². The Labute approximate surface area is 121 Å². The molecule has 3 unspecified atom stereocenters. The van der Waals surface area contributed by atoms with Crippen molar-refractivity contribution in [3.63, 3.8) is 0 Å². The number of carbonyl (C=O) groups excluding carboxylic acids is 1. The Bertz CT molecular complexity index is 441. The van der Waals surface area contributed by atoms with E-state index in [1.807, 2.05) is 12.1 Å². The molecular formula is C17H26N2O. The summed E-state index contributed by atoms with van der Waals surface area (Å²) in [6, 6.07) is 7.64. The quantitative estimate of drug-likeness (QED) is 0.639. The minimum absolute atomic E-state index is 0.0795. The molecule has 0 saturated heterocycles. The van der Waals surface area contributed by atoms with E-state index in [2.05, 4.69) is 19.2 Å². The zero-order chi connectivity index (χ0) is 14.5. The molecule has 3 N–H and O–H groups in total. The molecule has 1 aliphatic carbocycles. The SMILES string of the molecule is CCC(NC1CCCCC1C)C(=O)c1ccc(N)cc1. The summed E-state index contributed by atoms with van der Waals surface area (Å²) in [6.45, 7) is 4.36. The number of nitrogens with one attached hydrogen (secondary N) is 1. The van der Waals surface area contributed by atoms with Crippen LogP contribution in [0.5, 0.6) is 0 Å². The standard InChI is InChI=1S/C17H26N2O/c1-3-15(19-16-7-5-4-6-12(16)2)17(20)13-8-10-14(18)11-9-13/h8-12,15-16,19H,3-7,18H2,1-2H3. The van der Waals surface area contributed by atoms with Crippen LogP contribution in [0.4, 0.5) is 5.69 Å². The summed E-state index contributed by atoms with van der Waals surface area (Å²) in [5.74, 6) is 0.849. The summed E-state index contributed by atoms with van der Waals surface area (Å²) >= 11 is 0. The zero-order valence-corrected chi connectivity index (χ0v) is 12.6. The predicted molar refractivity (Wildman–Crippen MR) is 83.8 cm³/mol. The van der Waals surface area contributed by atoms with Crippen molar-refractivity contribution in [3.05, 3.63) is 29.8 Å². The van der Waals surface area contributed by atoms with Gasteiger partial charge in [-0.05, 0) is 49.4 Å². The van der Waals surface area contributed by atoms with E-state index in [0.717, 1.165) is 12.0 Å². The van der Waals surface area contributed by atoms with E-state index in [-0.39, 0.29) is 11.8 Å². The van der Waals surface area contributed by atoms with Gasteiger partial charge in [0.1, 0.15) is 0 Å². The summed E-state index contributed by atoms with van der Waals surface area (Å²) < 4.78 is 0. The van der Waals surface area contributed by atoms with Crippen LogP contribution in [0.15, 0.2) is 24.3 Å². The molecule has 20 heavy (non-hydrogen) atoms. The van der Waals surface area contributed by atoms with Crippen molar-refractivity contribution in [1.82, 2.24) is 5.32 Å². The molecule has 0 aromatic heterocycles. The van der Waals surface area contributed by atoms with Gasteiger partial charge in [0.15, 0.2) is 5.78 Å². The van der Waals surface area contributed by atoms with Gasteiger partial charge < -0.3 is 11.1 Å². The minimum atomic E-state index is -0.0795. The van der Waals surface area contributed by atoms with E-state index in [9.17, 15) is 4.79 Å². The highest BCUT2D eigenvalue weighted by Gasteiger charge is 2.26. The molecule has 0 heterocycles. The summed E-state index contributed by atoms with van der Waals surface area (Å²) in [7, 11) is 0. The van der Waals surface area contributed by atoms with Gasteiger partial charge in [-0.15, -0.1) is 0 Å². The molecule has 1 fully saturated rings. The topological polar surface area (TPSA) is 55.1 Å². The number of rotatable bonds is 5. The first kappa shape index (κ1) is 15.0. The largest absolute Gasteiger partial charge is 0.399 e. The third kappa shape index (κ3) is 3.60. The van der Waals surface area contributed by atoms with Crippen LogP contribution in [-0.4, -0.2) is 17.9 Å². The average molecular weight is 274 g/mol. The summed E-state index contributed by atoms with van der Waals surface area (Å²) in [4.78, 5) is 12.6. The van der Waals surface area contributed by atoms with E-state index < -0.39 is 0 Å². The summed E-state index contributed by atoms with van der Waals surface area (Å²) in [5, 5.41) is 3.59. The van der Waals surface area contributed by atoms with Crippen LogP contribution in [0.1, 0.15) is 56.3 Å². The second kappa shape index (κ2) is 6.89. The van der Waals surface area contributed by atoms with E-state index in [4.69, 9.17) is 5.73 Å². The van der Waals surface area contributed by atoms with Crippen molar-refractivity contribution >= 4 is 11.5 Å². The maximum Gasteiger partial charge on any atom is 0.179 e. The molecule has 110 valence electrons. The molecule has 1 aromatic carbocycles. The van der Waals surface area contributed by atoms with Gasteiger partial charge >= 0.3 is 0 Å². The average Bonchev–Trinajstić information content (AvgIpc) is 2.46. The van der Waals surface area contributed by atoms with Crippen LogP contribution in [0, 0.1) is 5.92 Å². The van der Waals surface area contributed by atoms with Crippen LogP contribution >= 0.6 is 0 Å². The highest BCUT2D eigenvalue weighted by molar-refractivity contribution is 6.00. The molecular weight excluding hydrogens is 248 g/mol. The van der Waals surface area contributed by atoms with Crippen LogP contribution < -0.4 is 11.1 Å². The molecule has 0 spiro atoms. The number of ketones is 1. The van der Waals surface area contributed by atoms with Gasteiger partial charge in [0.25, 0.3) is 0 Å². The molecule has 0 radical (unpaired) electrons. The fraction of sp³-hybridized carbons (Fsp3) is 0.588. The lowest BCUT2D eigenvalue weighted by molar-refractivity contribution is 0.0920. The Morgan fingerprint density at radius 1 is 1.30 bits per heavy atom. The molecule has 2 rings (SSSR count). The van der Waals surface area contributed by atoms with E-state index in [1.54, 1.807) is 12.1 Å². The van der Waals surface area contributed by atoms with Crippen LogP contribution in [0.3, 0.4) is 0 Å². The Balaban J connectivity index is 2.03. The Hall–Kier alpha value is -1.35. The Morgan fingerprint density at radius 3 is 2.55 bits per heavy atom. The molecule has 1 saturated carbocycles. The molecule has 0 aliphatic heterocycles. The zero-order valence-electron chi connectivity index (χ0n) is 12.6. The molecule has 0 bridgehead atoms. The minimum Gasteiger partial charge on any atom is -0.399 e. The maximum absolute atomic E-state index is 12.6. The van der Waals surface area contributed by atoms with Gasteiger partial charge in [-0.2, -0.15) is 0 Å². The molecule has 0 amide bonds. The first-order valence-corrected chi connectivity index (χ1v) is 7.77. The maximum atomic E-state index is 12.6. The van der Waals surface area contributed by atoms with Crippen molar-refractivity contribution in [2.75, 3.05) is 5.73 Å². The molecule has 1 aromatic rings. The van der Waals surface area contributed by atoms with Crippen LogP contribution in [0.2, 0.25) is 0 Å². The highest BCUT2D eigenvalue weighted by Crippen LogP contribution is 2.24. The fourth-order valence-corrected chi connectivity index (χ4v) is 3.05. The number of hydrogen-bond acceptors (Lipinski definition) is 3.